The van der Waals surface area contributed by atoms with Crippen molar-refractivity contribution in [3.8, 4) is 5.75 Å². The largest absolute Gasteiger partial charge is 0.535 e. The van der Waals surface area contributed by atoms with Gasteiger partial charge in [-0.15, -0.1) is 5.10 Å². The summed E-state index contributed by atoms with van der Waals surface area (Å²) in [5.74, 6) is -0.839. The van der Waals surface area contributed by atoms with Gasteiger partial charge in [-0.1, -0.05) is 12.1 Å². The summed E-state index contributed by atoms with van der Waals surface area (Å²) < 4.78 is 21.7. The van der Waals surface area contributed by atoms with Gasteiger partial charge in [0.2, 0.25) is 6.79 Å². The second kappa shape index (κ2) is 12.4. The third kappa shape index (κ3) is 7.49. The van der Waals surface area contributed by atoms with Gasteiger partial charge in [0.15, 0.2) is 5.82 Å². The highest BCUT2D eigenvalue weighted by molar-refractivity contribution is 6.47. The molecule has 0 spiro atoms. The van der Waals surface area contributed by atoms with E-state index in [0.29, 0.717) is 24.4 Å². The lowest BCUT2D eigenvalue weighted by Crippen LogP contribution is -2.36. The number of aromatic nitrogens is 4. The van der Waals surface area contributed by atoms with Gasteiger partial charge in [0, 0.05) is 18.8 Å². The normalized spacial score (nSPS) is 14.9. The molecule has 1 N–H and O–H groups in total. The van der Waals surface area contributed by atoms with Gasteiger partial charge in [0.05, 0.1) is 19.1 Å². The van der Waals surface area contributed by atoms with E-state index < -0.39 is 31.9 Å². The zero-order chi connectivity index (χ0) is 26.2. The third-order valence-electron chi connectivity index (χ3n) is 5.35. The SMILES string of the molecule is CC(C)OC(=O)OCOC(=O)c1cccc2c1OB(O)[C@@H](CC(=O)Cc1nnnn1CCN(C)C)C2. The van der Waals surface area contributed by atoms with Crippen LogP contribution in [0.5, 0.6) is 5.75 Å². The number of fused-ring (bicyclic) bond motifs is 1. The van der Waals surface area contributed by atoms with Gasteiger partial charge in [-0.05, 0) is 56.4 Å². The smallest absolute Gasteiger partial charge is 0.526 e. The standard InChI is InChI=1S/C22H30BN5O8/c1-14(2)35-22(31)34-13-33-21(30)18-7-5-6-15-10-16(23(32)36-20(15)18)11-17(29)12-19-24-25-26-28(19)9-8-27(3)4/h5-7,14,16,32H,8-13H2,1-4H3/t16-/m1/s1. The Morgan fingerprint density at radius 2 is 2.06 bits per heavy atom. The van der Waals surface area contributed by atoms with Gasteiger partial charge in [0.25, 0.3) is 0 Å². The Morgan fingerprint density at radius 1 is 1.28 bits per heavy atom. The van der Waals surface area contributed by atoms with Crippen LogP contribution >= 0.6 is 0 Å². The highest BCUT2D eigenvalue weighted by atomic mass is 16.8. The highest BCUT2D eigenvalue weighted by Gasteiger charge is 2.38. The van der Waals surface area contributed by atoms with Crippen molar-refractivity contribution in [3.05, 3.63) is 35.2 Å². The van der Waals surface area contributed by atoms with Crippen molar-refractivity contribution in [1.29, 1.82) is 0 Å². The van der Waals surface area contributed by atoms with E-state index in [0.717, 1.165) is 6.54 Å². The molecule has 1 aromatic carbocycles. The fraction of sp³-hybridized carbons (Fsp3) is 0.545. The molecule has 1 atom stereocenters. The van der Waals surface area contributed by atoms with E-state index in [4.69, 9.17) is 18.9 Å². The summed E-state index contributed by atoms with van der Waals surface area (Å²) in [6.07, 6.45) is -0.948. The molecule has 0 aliphatic carbocycles. The van der Waals surface area contributed by atoms with Crippen molar-refractivity contribution in [3.63, 3.8) is 0 Å². The summed E-state index contributed by atoms with van der Waals surface area (Å²) in [6, 6.07) is 4.86. The van der Waals surface area contributed by atoms with E-state index in [1.54, 1.807) is 30.7 Å². The van der Waals surface area contributed by atoms with Crippen molar-refractivity contribution in [2.75, 3.05) is 27.4 Å². The van der Waals surface area contributed by atoms with Gasteiger partial charge >= 0.3 is 19.2 Å². The molecule has 1 aliphatic heterocycles. The number of hydrogen-bond acceptors (Lipinski definition) is 12. The van der Waals surface area contributed by atoms with Crippen LogP contribution < -0.4 is 4.65 Å². The van der Waals surface area contributed by atoms with Crippen LogP contribution in [-0.2, 0) is 38.4 Å². The maximum atomic E-state index is 12.7. The lowest BCUT2D eigenvalue weighted by molar-refractivity contribution is -0.118. The molecule has 1 aliphatic rings. The Hall–Kier alpha value is -3.52. The van der Waals surface area contributed by atoms with Crippen LogP contribution in [0.25, 0.3) is 0 Å². The molecule has 14 heteroatoms. The molecule has 0 saturated carbocycles. The minimum atomic E-state index is -1.31. The van der Waals surface area contributed by atoms with Crippen LogP contribution in [0.15, 0.2) is 18.2 Å². The molecule has 36 heavy (non-hydrogen) atoms. The number of benzene rings is 1. The zero-order valence-corrected chi connectivity index (χ0v) is 20.7. The van der Waals surface area contributed by atoms with E-state index in [2.05, 4.69) is 15.5 Å². The van der Waals surface area contributed by atoms with Gasteiger partial charge in [0.1, 0.15) is 17.1 Å². The summed E-state index contributed by atoms with van der Waals surface area (Å²) in [5.41, 5.74) is 0.709. The van der Waals surface area contributed by atoms with E-state index in [9.17, 15) is 19.4 Å². The predicted molar refractivity (Wildman–Crippen MR) is 125 cm³/mol. The number of nitrogens with zero attached hydrogens (tertiary/aromatic N) is 5. The van der Waals surface area contributed by atoms with E-state index >= 15 is 0 Å². The number of carbonyl (C=O) groups is 3. The summed E-state index contributed by atoms with van der Waals surface area (Å²) in [4.78, 5) is 38.6. The second-order valence-corrected chi connectivity index (χ2v) is 8.92. The first-order chi connectivity index (χ1) is 17.1. The number of para-hydroxylation sites is 1. The molecular weight excluding hydrogens is 473 g/mol. The molecule has 0 saturated heterocycles. The topological polar surface area (TPSA) is 155 Å². The van der Waals surface area contributed by atoms with Crippen LogP contribution in [0.4, 0.5) is 4.79 Å². The summed E-state index contributed by atoms with van der Waals surface area (Å²) in [6.45, 7) is 3.94. The maximum Gasteiger partial charge on any atom is 0.526 e. The number of tetrazole rings is 1. The van der Waals surface area contributed by atoms with Crippen LogP contribution in [0.3, 0.4) is 0 Å². The van der Waals surface area contributed by atoms with Crippen molar-refractivity contribution >= 4 is 25.0 Å². The van der Waals surface area contributed by atoms with Crippen LogP contribution in [0.2, 0.25) is 5.82 Å². The average molecular weight is 503 g/mol. The van der Waals surface area contributed by atoms with Gasteiger partial charge in [-0.25, -0.2) is 14.3 Å². The van der Waals surface area contributed by atoms with Crippen molar-refractivity contribution < 1.29 is 38.3 Å². The molecule has 3 rings (SSSR count). The molecule has 0 radical (unpaired) electrons. The molecule has 0 fully saturated rings. The van der Waals surface area contributed by atoms with Crippen molar-refractivity contribution in [2.45, 2.75) is 51.6 Å². The van der Waals surface area contributed by atoms with E-state index in [1.807, 2.05) is 19.0 Å². The van der Waals surface area contributed by atoms with Crippen molar-refractivity contribution in [2.24, 2.45) is 0 Å². The first-order valence-electron chi connectivity index (χ1n) is 11.5. The highest BCUT2D eigenvalue weighted by Crippen LogP contribution is 2.36. The van der Waals surface area contributed by atoms with Gasteiger partial charge < -0.3 is 28.8 Å². The quantitative estimate of drug-likeness (QED) is 0.263. The summed E-state index contributed by atoms with van der Waals surface area (Å²) in [7, 11) is 2.55. The number of esters is 1. The Morgan fingerprint density at radius 3 is 2.78 bits per heavy atom. The lowest BCUT2D eigenvalue weighted by Gasteiger charge is -2.28. The molecule has 0 unspecified atom stereocenters. The van der Waals surface area contributed by atoms with E-state index in [-0.39, 0.29) is 36.0 Å². The summed E-state index contributed by atoms with van der Waals surface area (Å²) >= 11 is 0. The zero-order valence-electron chi connectivity index (χ0n) is 20.7. The Kier molecular flexibility index (Phi) is 9.36. The maximum absolute atomic E-state index is 12.7. The molecule has 2 heterocycles. The summed E-state index contributed by atoms with van der Waals surface area (Å²) in [5, 5.41) is 22.1. The molecule has 1 aromatic heterocycles. The Labute approximate surface area is 208 Å². The third-order valence-corrected chi connectivity index (χ3v) is 5.35. The van der Waals surface area contributed by atoms with Gasteiger partial charge in [-0.2, -0.15) is 0 Å². The van der Waals surface area contributed by atoms with Crippen LogP contribution in [-0.4, -0.2) is 88.7 Å². The van der Waals surface area contributed by atoms with Crippen molar-refractivity contribution in [1.82, 2.24) is 25.1 Å². The molecule has 13 nitrogen and oxygen atoms in total. The number of rotatable bonds is 11. The minimum absolute atomic E-state index is 0.0299. The number of ether oxygens (including phenoxy) is 3. The second-order valence-electron chi connectivity index (χ2n) is 8.92. The minimum Gasteiger partial charge on any atom is -0.535 e. The lowest BCUT2D eigenvalue weighted by atomic mass is 9.64. The Balaban J connectivity index is 1.58. The number of carbonyl (C=O) groups excluding carboxylic acids is 3. The number of Topliss-reactive ketones (excluding diaryl/α,β-unsaturated/α-hetero) is 1. The number of ketones is 1. The predicted octanol–water partition coefficient (Wildman–Crippen LogP) is 0.898. The van der Waals surface area contributed by atoms with Crippen LogP contribution in [0.1, 0.15) is 42.0 Å². The number of hydrogen-bond donors (Lipinski definition) is 1. The average Bonchev–Trinajstić information content (AvgIpc) is 3.23. The fourth-order valence-corrected chi connectivity index (χ4v) is 3.61. The monoisotopic (exact) mass is 503 g/mol. The van der Waals surface area contributed by atoms with Crippen LogP contribution in [0, 0.1) is 0 Å². The number of likely N-dealkylation sites (N-methyl/N-ethyl adjacent to an activating group) is 1. The van der Waals surface area contributed by atoms with E-state index in [1.165, 1.54) is 6.07 Å². The fourth-order valence-electron chi connectivity index (χ4n) is 3.61. The van der Waals surface area contributed by atoms with Gasteiger partial charge in [-0.3, -0.25) is 4.79 Å². The molecule has 194 valence electrons. The molecule has 0 bridgehead atoms. The molecule has 0 amide bonds. The molecule has 2 aromatic rings. The first-order valence-corrected chi connectivity index (χ1v) is 11.5. The Bertz CT molecular complexity index is 1080. The molecular formula is C22H30BN5O8. The first kappa shape index (κ1) is 27.1.